The molecule has 2 N–H and O–H groups in total. The molecule has 4 nitrogen and oxygen atoms in total. The molecule has 2 aromatic carbocycles. The molecule has 5 heteroatoms. The van der Waals surface area contributed by atoms with E-state index in [1.807, 2.05) is 43.3 Å². The molecule has 22 heavy (non-hydrogen) atoms. The van der Waals surface area contributed by atoms with Crippen LogP contribution in [0.2, 0.25) is 0 Å². The minimum Gasteiger partial charge on any atom is -0.494 e. The molecule has 0 aromatic heterocycles. The predicted octanol–water partition coefficient (Wildman–Crippen LogP) is 4.10. The van der Waals surface area contributed by atoms with Gasteiger partial charge >= 0.3 is 0 Å². The lowest BCUT2D eigenvalue weighted by molar-refractivity contribution is 0.101. The topological polar surface area (TPSA) is 50.4 Å². The number of thiocarbonyl (C=S) groups is 1. The van der Waals surface area contributed by atoms with Crippen LogP contribution in [0.4, 0.5) is 11.4 Å². The quantitative estimate of drug-likeness (QED) is 0.643. The highest BCUT2D eigenvalue weighted by molar-refractivity contribution is 7.80. The Morgan fingerprint density at radius 1 is 1.00 bits per heavy atom. The van der Waals surface area contributed by atoms with Crippen LogP contribution in [-0.4, -0.2) is 17.5 Å². The fourth-order valence-electron chi connectivity index (χ4n) is 1.88. The Labute approximate surface area is 135 Å². The van der Waals surface area contributed by atoms with Crippen LogP contribution in [0.1, 0.15) is 24.2 Å². The van der Waals surface area contributed by atoms with Crippen molar-refractivity contribution in [2.75, 3.05) is 17.2 Å². The number of hydrogen-bond acceptors (Lipinski definition) is 3. The van der Waals surface area contributed by atoms with E-state index in [2.05, 4.69) is 10.6 Å². The number of ketones is 1. The van der Waals surface area contributed by atoms with Crippen molar-refractivity contribution >= 4 is 34.5 Å². The normalized spacial score (nSPS) is 9.91. The number of anilines is 2. The molecule has 2 rings (SSSR count). The second-order valence-electron chi connectivity index (χ2n) is 4.67. The molecule has 0 amide bonds. The van der Waals surface area contributed by atoms with Gasteiger partial charge in [-0.25, -0.2) is 0 Å². The van der Waals surface area contributed by atoms with Crippen LogP contribution in [0.3, 0.4) is 0 Å². The zero-order valence-electron chi connectivity index (χ0n) is 12.6. The maximum Gasteiger partial charge on any atom is 0.175 e. The van der Waals surface area contributed by atoms with Crippen LogP contribution in [0.15, 0.2) is 48.5 Å². The molecule has 0 fully saturated rings. The lowest BCUT2D eigenvalue weighted by Gasteiger charge is -2.11. The van der Waals surface area contributed by atoms with Gasteiger partial charge in [0.1, 0.15) is 5.75 Å². The molecule has 0 aliphatic carbocycles. The lowest BCUT2D eigenvalue weighted by atomic mass is 10.1. The highest BCUT2D eigenvalue weighted by Gasteiger charge is 2.02. The highest BCUT2D eigenvalue weighted by Crippen LogP contribution is 2.16. The number of rotatable bonds is 5. The summed E-state index contributed by atoms with van der Waals surface area (Å²) >= 11 is 5.27. The summed E-state index contributed by atoms with van der Waals surface area (Å²) in [5.74, 6) is 0.869. The molecular weight excluding hydrogens is 296 g/mol. The molecule has 2 aromatic rings. The first-order valence-electron chi connectivity index (χ1n) is 7.00. The summed E-state index contributed by atoms with van der Waals surface area (Å²) in [6.45, 7) is 4.13. The second kappa shape index (κ2) is 7.56. The molecule has 0 aliphatic heterocycles. The zero-order valence-corrected chi connectivity index (χ0v) is 13.4. The van der Waals surface area contributed by atoms with Crippen molar-refractivity contribution in [1.29, 1.82) is 0 Å². The summed E-state index contributed by atoms with van der Waals surface area (Å²) in [7, 11) is 0. The first kappa shape index (κ1) is 16.0. The van der Waals surface area contributed by atoms with Crippen molar-refractivity contribution in [3.8, 4) is 5.75 Å². The average molecular weight is 314 g/mol. The van der Waals surface area contributed by atoms with E-state index in [1.54, 1.807) is 19.1 Å². The number of carbonyl (C=O) groups is 1. The third kappa shape index (κ3) is 4.56. The van der Waals surface area contributed by atoms with Gasteiger partial charge < -0.3 is 15.4 Å². The van der Waals surface area contributed by atoms with Gasteiger partial charge in [0.05, 0.1) is 6.61 Å². The summed E-state index contributed by atoms with van der Waals surface area (Å²) in [5.41, 5.74) is 2.38. The summed E-state index contributed by atoms with van der Waals surface area (Å²) in [6, 6.07) is 14.8. The lowest BCUT2D eigenvalue weighted by Crippen LogP contribution is -2.19. The van der Waals surface area contributed by atoms with Crippen LogP contribution >= 0.6 is 12.2 Å². The molecule has 0 spiro atoms. The van der Waals surface area contributed by atoms with Gasteiger partial charge in [0, 0.05) is 16.9 Å². The summed E-state index contributed by atoms with van der Waals surface area (Å²) < 4.78 is 5.39. The third-order valence-corrected chi connectivity index (χ3v) is 3.18. The third-order valence-electron chi connectivity index (χ3n) is 2.97. The standard InChI is InChI=1S/C17H18N2O2S/c1-3-21-16-10-8-15(9-11-16)19-17(22)18-14-6-4-13(5-7-14)12(2)20/h4-11H,3H2,1-2H3,(H2,18,19,22). The van der Waals surface area contributed by atoms with E-state index in [-0.39, 0.29) is 5.78 Å². The van der Waals surface area contributed by atoms with E-state index >= 15 is 0 Å². The fourth-order valence-corrected chi connectivity index (χ4v) is 2.12. The van der Waals surface area contributed by atoms with Crippen LogP contribution < -0.4 is 15.4 Å². The molecule has 0 heterocycles. The van der Waals surface area contributed by atoms with E-state index in [1.165, 1.54) is 0 Å². The zero-order chi connectivity index (χ0) is 15.9. The summed E-state index contributed by atoms with van der Waals surface area (Å²) in [4.78, 5) is 11.2. The Kier molecular flexibility index (Phi) is 5.49. The highest BCUT2D eigenvalue weighted by atomic mass is 32.1. The Balaban J connectivity index is 1.93. The Hall–Kier alpha value is -2.40. The number of Topliss-reactive ketones (excluding diaryl/α,β-unsaturated/α-hetero) is 1. The molecule has 0 atom stereocenters. The summed E-state index contributed by atoms with van der Waals surface area (Å²) in [5, 5.41) is 6.65. The van der Waals surface area contributed by atoms with Crippen molar-refractivity contribution in [3.05, 3.63) is 54.1 Å². The molecule has 0 saturated carbocycles. The van der Waals surface area contributed by atoms with Gasteiger partial charge in [-0.3, -0.25) is 4.79 Å². The Morgan fingerprint density at radius 2 is 1.50 bits per heavy atom. The van der Waals surface area contributed by atoms with Crippen molar-refractivity contribution in [2.24, 2.45) is 0 Å². The predicted molar refractivity (Wildman–Crippen MR) is 93.9 cm³/mol. The van der Waals surface area contributed by atoms with Gasteiger partial charge in [0.15, 0.2) is 10.9 Å². The number of nitrogens with one attached hydrogen (secondary N) is 2. The molecule has 0 radical (unpaired) electrons. The van der Waals surface area contributed by atoms with E-state index in [0.29, 0.717) is 17.3 Å². The maximum atomic E-state index is 11.2. The number of hydrogen-bond donors (Lipinski definition) is 2. The van der Waals surface area contributed by atoms with Crippen molar-refractivity contribution in [3.63, 3.8) is 0 Å². The molecule has 114 valence electrons. The van der Waals surface area contributed by atoms with Crippen LogP contribution in [0.25, 0.3) is 0 Å². The van der Waals surface area contributed by atoms with Gasteiger partial charge in [-0.05, 0) is 74.6 Å². The minimum atomic E-state index is 0.0432. The first-order chi connectivity index (χ1) is 10.6. The van der Waals surface area contributed by atoms with E-state index in [0.717, 1.165) is 17.1 Å². The number of benzene rings is 2. The van der Waals surface area contributed by atoms with Gasteiger partial charge in [-0.2, -0.15) is 0 Å². The van der Waals surface area contributed by atoms with Gasteiger partial charge in [0.2, 0.25) is 0 Å². The summed E-state index contributed by atoms with van der Waals surface area (Å²) in [6.07, 6.45) is 0. The van der Waals surface area contributed by atoms with Gasteiger partial charge in [-0.1, -0.05) is 0 Å². The molecule has 0 saturated heterocycles. The van der Waals surface area contributed by atoms with Crippen LogP contribution in [-0.2, 0) is 0 Å². The van der Waals surface area contributed by atoms with Gasteiger partial charge in [-0.15, -0.1) is 0 Å². The van der Waals surface area contributed by atoms with Crippen molar-refractivity contribution in [2.45, 2.75) is 13.8 Å². The van der Waals surface area contributed by atoms with Gasteiger partial charge in [0.25, 0.3) is 0 Å². The van der Waals surface area contributed by atoms with Crippen LogP contribution in [0.5, 0.6) is 5.75 Å². The van der Waals surface area contributed by atoms with Crippen LogP contribution in [0, 0.1) is 0 Å². The number of carbonyl (C=O) groups excluding carboxylic acids is 1. The molecule has 0 unspecified atom stereocenters. The van der Waals surface area contributed by atoms with E-state index in [9.17, 15) is 4.79 Å². The second-order valence-corrected chi connectivity index (χ2v) is 5.08. The van der Waals surface area contributed by atoms with Crippen molar-refractivity contribution in [1.82, 2.24) is 0 Å². The fraction of sp³-hybridized carbons (Fsp3) is 0.176. The monoisotopic (exact) mass is 314 g/mol. The SMILES string of the molecule is CCOc1ccc(NC(=S)Nc2ccc(C(C)=O)cc2)cc1. The Bertz CT molecular complexity index is 651. The Morgan fingerprint density at radius 3 is 1.95 bits per heavy atom. The van der Waals surface area contributed by atoms with E-state index in [4.69, 9.17) is 17.0 Å². The number of ether oxygens (including phenoxy) is 1. The first-order valence-corrected chi connectivity index (χ1v) is 7.41. The largest absolute Gasteiger partial charge is 0.494 e. The van der Waals surface area contributed by atoms with E-state index < -0.39 is 0 Å². The minimum absolute atomic E-state index is 0.0432. The average Bonchev–Trinajstić information content (AvgIpc) is 2.50. The smallest absolute Gasteiger partial charge is 0.175 e. The molecule has 0 bridgehead atoms. The van der Waals surface area contributed by atoms with Crippen molar-refractivity contribution < 1.29 is 9.53 Å². The molecular formula is C17H18N2O2S. The molecule has 0 aliphatic rings. The maximum absolute atomic E-state index is 11.2.